The smallest absolute Gasteiger partial charge is 0.287 e. The summed E-state index contributed by atoms with van der Waals surface area (Å²) >= 11 is 1.46. The molecule has 0 spiro atoms. The molecule has 10 heteroatoms. The standard InChI is InChI=1S/C23H27N5O4S/c1-30-15-18-14-21(28-10-12-31-13-11-28)27-23(26-18)33-16-19-5-6-20(32-19)22(29)25-9-7-17-4-2-3-8-24-17/h2-6,8,14H,7,9-13,15-16H2,1H3,(H,25,29). The maximum atomic E-state index is 12.4. The summed E-state index contributed by atoms with van der Waals surface area (Å²) in [4.78, 5) is 28.1. The summed E-state index contributed by atoms with van der Waals surface area (Å²) in [6.07, 6.45) is 2.41. The van der Waals surface area contributed by atoms with E-state index in [1.54, 1.807) is 19.4 Å². The Morgan fingerprint density at radius 2 is 2.06 bits per heavy atom. The number of furan rings is 1. The predicted molar refractivity (Wildman–Crippen MR) is 124 cm³/mol. The Labute approximate surface area is 196 Å². The van der Waals surface area contributed by atoms with Crippen molar-refractivity contribution in [2.24, 2.45) is 0 Å². The number of thioether (sulfide) groups is 1. The molecule has 0 radical (unpaired) electrons. The van der Waals surface area contributed by atoms with E-state index in [4.69, 9.17) is 18.9 Å². The molecule has 0 unspecified atom stereocenters. The van der Waals surface area contributed by atoms with Crippen molar-refractivity contribution in [2.45, 2.75) is 23.9 Å². The number of amides is 1. The van der Waals surface area contributed by atoms with Gasteiger partial charge in [0.15, 0.2) is 10.9 Å². The van der Waals surface area contributed by atoms with Crippen LogP contribution in [0.15, 0.2) is 52.2 Å². The van der Waals surface area contributed by atoms with Gasteiger partial charge in [-0.3, -0.25) is 9.78 Å². The monoisotopic (exact) mass is 469 g/mol. The van der Waals surface area contributed by atoms with Crippen molar-refractivity contribution in [3.05, 3.63) is 65.5 Å². The van der Waals surface area contributed by atoms with Crippen LogP contribution < -0.4 is 10.2 Å². The largest absolute Gasteiger partial charge is 0.455 e. The number of hydrogen-bond donors (Lipinski definition) is 1. The molecule has 3 aromatic rings. The van der Waals surface area contributed by atoms with Crippen LogP contribution in [0, 0.1) is 0 Å². The molecule has 174 valence electrons. The van der Waals surface area contributed by atoms with Crippen LogP contribution in [0.2, 0.25) is 0 Å². The van der Waals surface area contributed by atoms with E-state index in [0.29, 0.717) is 49.5 Å². The third kappa shape index (κ3) is 6.77. The maximum Gasteiger partial charge on any atom is 0.287 e. The molecule has 4 rings (SSSR count). The summed E-state index contributed by atoms with van der Waals surface area (Å²) in [5, 5.41) is 3.51. The van der Waals surface area contributed by atoms with Gasteiger partial charge in [-0.05, 0) is 24.3 Å². The Kier molecular flexibility index (Phi) is 8.29. The molecule has 0 atom stereocenters. The van der Waals surface area contributed by atoms with Gasteiger partial charge in [-0.1, -0.05) is 17.8 Å². The van der Waals surface area contributed by atoms with Gasteiger partial charge in [-0.25, -0.2) is 9.97 Å². The van der Waals surface area contributed by atoms with Crippen LogP contribution in [0.25, 0.3) is 0 Å². The minimum atomic E-state index is -0.241. The summed E-state index contributed by atoms with van der Waals surface area (Å²) in [6.45, 7) is 3.87. The number of pyridine rings is 1. The molecule has 0 aromatic carbocycles. The first-order chi connectivity index (χ1) is 16.2. The Bertz CT molecular complexity index is 1040. The first kappa shape index (κ1) is 23.2. The highest BCUT2D eigenvalue weighted by Crippen LogP contribution is 2.24. The fraction of sp³-hybridized carbons (Fsp3) is 0.391. The molecule has 1 fully saturated rings. The number of methoxy groups -OCH3 is 1. The van der Waals surface area contributed by atoms with Crippen LogP contribution in [0.1, 0.15) is 27.7 Å². The number of morpholine rings is 1. The molecule has 0 saturated carbocycles. The lowest BCUT2D eigenvalue weighted by molar-refractivity contribution is 0.0925. The summed E-state index contributed by atoms with van der Waals surface area (Å²) in [7, 11) is 1.65. The van der Waals surface area contributed by atoms with Crippen molar-refractivity contribution in [1.29, 1.82) is 0 Å². The molecule has 1 saturated heterocycles. The third-order valence-electron chi connectivity index (χ3n) is 4.99. The Morgan fingerprint density at radius 3 is 2.85 bits per heavy atom. The fourth-order valence-electron chi connectivity index (χ4n) is 3.35. The number of aromatic nitrogens is 3. The predicted octanol–water partition coefficient (Wildman–Crippen LogP) is 2.71. The molecule has 1 aliphatic heterocycles. The van der Waals surface area contributed by atoms with Gasteiger partial charge in [0.25, 0.3) is 5.91 Å². The molecule has 1 N–H and O–H groups in total. The lowest BCUT2D eigenvalue weighted by Gasteiger charge is -2.28. The first-order valence-electron chi connectivity index (χ1n) is 10.8. The Hall–Kier alpha value is -2.95. The van der Waals surface area contributed by atoms with Crippen LogP contribution >= 0.6 is 11.8 Å². The van der Waals surface area contributed by atoms with Crippen LogP contribution in [-0.2, 0) is 28.3 Å². The van der Waals surface area contributed by atoms with E-state index in [2.05, 4.69) is 20.2 Å². The number of carbonyl (C=O) groups is 1. The second-order valence-electron chi connectivity index (χ2n) is 7.41. The fourth-order valence-corrected chi connectivity index (χ4v) is 4.12. The summed E-state index contributed by atoms with van der Waals surface area (Å²) in [5.41, 5.74) is 1.75. The molecule has 1 aliphatic rings. The number of hydrogen-bond acceptors (Lipinski definition) is 9. The first-order valence-corrected chi connectivity index (χ1v) is 11.8. The topological polar surface area (TPSA) is 103 Å². The van der Waals surface area contributed by atoms with E-state index in [0.717, 1.165) is 30.3 Å². The molecule has 33 heavy (non-hydrogen) atoms. The van der Waals surface area contributed by atoms with Crippen molar-refractivity contribution < 1.29 is 18.7 Å². The minimum absolute atomic E-state index is 0.241. The normalized spacial score (nSPS) is 13.8. The Balaban J connectivity index is 1.33. The minimum Gasteiger partial charge on any atom is -0.455 e. The molecule has 0 aliphatic carbocycles. The zero-order valence-electron chi connectivity index (χ0n) is 18.5. The highest BCUT2D eigenvalue weighted by Gasteiger charge is 2.16. The van der Waals surface area contributed by atoms with Crippen molar-refractivity contribution in [3.8, 4) is 0 Å². The number of nitrogens with zero attached hydrogens (tertiary/aromatic N) is 4. The molecule has 4 heterocycles. The number of anilines is 1. The van der Waals surface area contributed by atoms with E-state index in [9.17, 15) is 4.79 Å². The SMILES string of the molecule is COCc1cc(N2CCOCC2)nc(SCc2ccc(C(=O)NCCc3ccccn3)o2)n1. The molecular formula is C23H27N5O4S. The highest BCUT2D eigenvalue weighted by molar-refractivity contribution is 7.98. The van der Waals surface area contributed by atoms with Gasteiger partial charge < -0.3 is 24.1 Å². The van der Waals surface area contributed by atoms with E-state index in [-0.39, 0.29) is 11.7 Å². The zero-order valence-corrected chi connectivity index (χ0v) is 19.3. The molecule has 0 bridgehead atoms. The van der Waals surface area contributed by atoms with Crippen molar-refractivity contribution in [2.75, 3.05) is 44.9 Å². The molecule has 3 aromatic heterocycles. The zero-order chi connectivity index (χ0) is 22.9. The molecular weight excluding hydrogens is 442 g/mol. The third-order valence-corrected chi connectivity index (χ3v) is 5.86. The average Bonchev–Trinajstić information content (AvgIpc) is 3.33. The van der Waals surface area contributed by atoms with Crippen LogP contribution in [-0.4, -0.2) is 60.8 Å². The van der Waals surface area contributed by atoms with Gasteiger partial charge in [0, 0.05) is 51.1 Å². The second-order valence-corrected chi connectivity index (χ2v) is 8.36. The van der Waals surface area contributed by atoms with E-state index >= 15 is 0 Å². The van der Waals surface area contributed by atoms with Crippen molar-refractivity contribution in [1.82, 2.24) is 20.3 Å². The van der Waals surface area contributed by atoms with Gasteiger partial charge in [-0.15, -0.1) is 0 Å². The quantitative estimate of drug-likeness (QED) is 0.355. The van der Waals surface area contributed by atoms with E-state index in [1.165, 1.54) is 11.8 Å². The number of carbonyl (C=O) groups excluding carboxylic acids is 1. The maximum absolute atomic E-state index is 12.4. The van der Waals surface area contributed by atoms with Gasteiger partial charge in [-0.2, -0.15) is 0 Å². The number of nitrogens with one attached hydrogen (secondary N) is 1. The average molecular weight is 470 g/mol. The lowest BCUT2D eigenvalue weighted by atomic mass is 10.2. The highest BCUT2D eigenvalue weighted by atomic mass is 32.2. The van der Waals surface area contributed by atoms with Crippen molar-refractivity contribution >= 4 is 23.5 Å². The van der Waals surface area contributed by atoms with Gasteiger partial charge in [0.2, 0.25) is 0 Å². The van der Waals surface area contributed by atoms with Gasteiger partial charge >= 0.3 is 0 Å². The van der Waals surface area contributed by atoms with E-state index in [1.807, 2.05) is 30.3 Å². The lowest BCUT2D eigenvalue weighted by Crippen LogP contribution is -2.37. The summed E-state index contributed by atoms with van der Waals surface area (Å²) in [5.74, 6) is 2.11. The van der Waals surface area contributed by atoms with Gasteiger partial charge in [0.1, 0.15) is 11.6 Å². The second kappa shape index (κ2) is 11.8. The Morgan fingerprint density at radius 1 is 1.18 bits per heavy atom. The van der Waals surface area contributed by atoms with Crippen LogP contribution in [0.3, 0.4) is 0 Å². The summed E-state index contributed by atoms with van der Waals surface area (Å²) in [6, 6.07) is 11.2. The van der Waals surface area contributed by atoms with E-state index < -0.39 is 0 Å². The molecule has 9 nitrogen and oxygen atoms in total. The molecule has 1 amide bonds. The number of rotatable bonds is 10. The van der Waals surface area contributed by atoms with Crippen molar-refractivity contribution in [3.63, 3.8) is 0 Å². The number of ether oxygens (including phenoxy) is 2. The van der Waals surface area contributed by atoms with Crippen LogP contribution in [0.4, 0.5) is 5.82 Å². The van der Waals surface area contributed by atoms with Gasteiger partial charge in [0.05, 0.1) is 31.3 Å². The van der Waals surface area contributed by atoms with Crippen LogP contribution in [0.5, 0.6) is 0 Å². The summed E-state index contributed by atoms with van der Waals surface area (Å²) < 4.78 is 16.4.